The minimum absolute atomic E-state index is 0.241. The summed E-state index contributed by atoms with van der Waals surface area (Å²) in [5.41, 5.74) is 0. The lowest BCUT2D eigenvalue weighted by Gasteiger charge is -2.13. The monoisotopic (exact) mass is 148 g/mol. The van der Waals surface area contributed by atoms with Crippen LogP contribution in [0.5, 0.6) is 0 Å². The first-order valence-electron chi connectivity index (χ1n) is 3.21. The normalized spacial score (nSPS) is 48.0. The highest BCUT2D eigenvalue weighted by Gasteiger charge is 2.40. The Bertz CT molecular complexity index is 116. The van der Waals surface area contributed by atoms with Crippen LogP contribution in [0.3, 0.4) is 0 Å². The molecule has 1 saturated heterocycles. The van der Waals surface area contributed by atoms with Gasteiger partial charge in [-0.05, 0) is 6.92 Å². The fourth-order valence-corrected chi connectivity index (χ4v) is 1.15. The van der Waals surface area contributed by atoms with Crippen LogP contribution in [-0.4, -0.2) is 41.9 Å². The van der Waals surface area contributed by atoms with Crippen molar-refractivity contribution in [2.45, 2.75) is 31.5 Å². The van der Waals surface area contributed by atoms with Crippen LogP contribution in [0, 0.1) is 0 Å². The van der Waals surface area contributed by atoms with E-state index in [0.29, 0.717) is 0 Å². The van der Waals surface area contributed by atoms with Crippen molar-refractivity contribution in [3.8, 4) is 0 Å². The standard InChI is InChI=1S/C6H12O4/c1-3-5(9-2)4(7)6(8)10-3/h3-8H,1-2H3/t3-,4-,5-,6-/m1/s1. The molecule has 10 heavy (non-hydrogen) atoms. The first kappa shape index (κ1) is 7.94. The number of aliphatic hydroxyl groups is 2. The molecule has 1 rings (SSSR count). The Morgan fingerprint density at radius 1 is 1.40 bits per heavy atom. The SMILES string of the molecule is CO[C@H]1[C@@H](O)[C@H](O)O[C@@H]1C. The van der Waals surface area contributed by atoms with E-state index in [1.807, 2.05) is 0 Å². The molecule has 0 aromatic carbocycles. The van der Waals surface area contributed by atoms with Crippen molar-refractivity contribution in [3.05, 3.63) is 0 Å². The average Bonchev–Trinajstić information content (AvgIpc) is 2.09. The summed E-state index contributed by atoms with van der Waals surface area (Å²) in [6, 6.07) is 0. The lowest BCUT2D eigenvalue weighted by molar-refractivity contribution is -0.124. The first-order valence-corrected chi connectivity index (χ1v) is 3.21. The highest BCUT2D eigenvalue weighted by Crippen LogP contribution is 2.20. The van der Waals surface area contributed by atoms with Crippen LogP contribution in [0.1, 0.15) is 6.92 Å². The van der Waals surface area contributed by atoms with Crippen molar-refractivity contribution in [2.24, 2.45) is 0 Å². The number of hydrogen-bond donors (Lipinski definition) is 2. The van der Waals surface area contributed by atoms with Gasteiger partial charge < -0.3 is 19.7 Å². The van der Waals surface area contributed by atoms with E-state index >= 15 is 0 Å². The van der Waals surface area contributed by atoms with Gasteiger partial charge in [-0.25, -0.2) is 0 Å². The van der Waals surface area contributed by atoms with E-state index in [0.717, 1.165) is 0 Å². The predicted molar refractivity (Wildman–Crippen MR) is 33.4 cm³/mol. The van der Waals surface area contributed by atoms with E-state index in [2.05, 4.69) is 0 Å². The average molecular weight is 148 g/mol. The molecule has 1 aliphatic rings. The van der Waals surface area contributed by atoms with Gasteiger partial charge >= 0.3 is 0 Å². The van der Waals surface area contributed by atoms with Crippen molar-refractivity contribution < 1.29 is 19.7 Å². The second kappa shape index (κ2) is 2.84. The van der Waals surface area contributed by atoms with Crippen LogP contribution in [-0.2, 0) is 9.47 Å². The van der Waals surface area contributed by atoms with Gasteiger partial charge in [0.2, 0.25) is 0 Å². The van der Waals surface area contributed by atoms with Gasteiger partial charge in [-0.3, -0.25) is 0 Å². The molecule has 60 valence electrons. The number of hydrogen-bond acceptors (Lipinski definition) is 4. The van der Waals surface area contributed by atoms with Crippen LogP contribution >= 0.6 is 0 Å². The number of methoxy groups -OCH3 is 1. The van der Waals surface area contributed by atoms with E-state index in [9.17, 15) is 0 Å². The Morgan fingerprint density at radius 3 is 2.20 bits per heavy atom. The maximum absolute atomic E-state index is 9.13. The summed E-state index contributed by atoms with van der Waals surface area (Å²) in [6.07, 6.45) is -2.66. The van der Waals surface area contributed by atoms with E-state index in [-0.39, 0.29) is 6.10 Å². The van der Waals surface area contributed by atoms with Gasteiger partial charge in [-0.2, -0.15) is 0 Å². The van der Waals surface area contributed by atoms with E-state index < -0.39 is 18.5 Å². The number of ether oxygens (including phenoxy) is 2. The molecule has 0 aliphatic carbocycles. The van der Waals surface area contributed by atoms with Crippen LogP contribution in [0.2, 0.25) is 0 Å². The van der Waals surface area contributed by atoms with Crippen molar-refractivity contribution in [1.29, 1.82) is 0 Å². The summed E-state index contributed by atoms with van der Waals surface area (Å²) in [5, 5.41) is 18.0. The first-order chi connectivity index (χ1) is 4.66. The minimum Gasteiger partial charge on any atom is -0.385 e. The molecule has 1 heterocycles. The minimum atomic E-state index is -1.10. The van der Waals surface area contributed by atoms with Crippen LogP contribution in [0.15, 0.2) is 0 Å². The van der Waals surface area contributed by atoms with Gasteiger partial charge in [0.05, 0.1) is 6.10 Å². The Labute approximate surface area is 59.4 Å². The third kappa shape index (κ3) is 1.15. The Morgan fingerprint density at radius 2 is 2.00 bits per heavy atom. The molecule has 4 nitrogen and oxygen atoms in total. The molecule has 0 amide bonds. The Balaban J connectivity index is 2.55. The third-order valence-corrected chi connectivity index (χ3v) is 1.72. The largest absolute Gasteiger partial charge is 0.385 e. The van der Waals surface area contributed by atoms with Gasteiger partial charge in [0, 0.05) is 7.11 Å². The Hall–Kier alpha value is -0.160. The van der Waals surface area contributed by atoms with Gasteiger partial charge in [-0.15, -0.1) is 0 Å². The maximum atomic E-state index is 9.13. The number of rotatable bonds is 1. The molecule has 2 N–H and O–H groups in total. The highest BCUT2D eigenvalue weighted by atomic mass is 16.7. The second-order valence-corrected chi connectivity index (χ2v) is 2.42. The van der Waals surface area contributed by atoms with Crippen molar-refractivity contribution in [1.82, 2.24) is 0 Å². The molecular formula is C6H12O4. The molecule has 1 aliphatic heterocycles. The van der Waals surface area contributed by atoms with E-state index in [4.69, 9.17) is 19.7 Å². The lowest BCUT2D eigenvalue weighted by atomic mass is 10.1. The molecule has 4 atom stereocenters. The summed E-state index contributed by atoms with van der Waals surface area (Å²) in [6.45, 7) is 1.74. The van der Waals surface area contributed by atoms with E-state index in [1.165, 1.54) is 7.11 Å². The molecule has 1 fully saturated rings. The summed E-state index contributed by atoms with van der Waals surface area (Å²) in [4.78, 5) is 0. The van der Waals surface area contributed by atoms with Gasteiger partial charge in [0.1, 0.15) is 12.2 Å². The predicted octanol–water partition coefficient (Wildman–Crippen LogP) is -0.901. The molecule has 0 radical (unpaired) electrons. The molecule has 0 saturated carbocycles. The smallest absolute Gasteiger partial charge is 0.183 e. The molecule has 4 heteroatoms. The summed E-state index contributed by atoms with van der Waals surface area (Å²) in [7, 11) is 1.48. The van der Waals surface area contributed by atoms with Gasteiger partial charge in [0.15, 0.2) is 6.29 Å². The molecule has 0 aromatic heterocycles. The van der Waals surface area contributed by atoms with Crippen molar-refractivity contribution in [3.63, 3.8) is 0 Å². The van der Waals surface area contributed by atoms with Crippen LogP contribution in [0.25, 0.3) is 0 Å². The zero-order valence-corrected chi connectivity index (χ0v) is 6.02. The van der Waals surface area contributed by atoms with Crippen molar-refractivity contribution in [2.75, 3.05) is 7.11 Å². The fourth-order valence-electron chi connectivity index (χ4n) is 1.15. The molecule has 0 unspecified atom stereocenters. The van der Waals surface area contributed by atoms with Crippen LogP contribution < -0.4 is 0 Å². The summed E-state index contributed by atoms with van der Waals surface area (Å²) < 4.78 is 9.73. The molecule has 0 bridgehead atoms. The zero-order chi connectivity index (χ0) is 7.72. The highest BCUT2D eigenvalue weighted by molar-refractivity contribution is 4.83. The fraction of sp³-hybridized carbons (Fsp3) is 1.00. The topological polar surface area (TPSA) is 58.9 Å². The number of aliphatic hydroxyl groups excluding tert-OH is 2. The van der Waals surface area contributed by atoms with E-state index in [1.54, 1.807) is 6.92 Å². The third-order valence-electron chi connectivity index (χ3n) is 1.72. The molecular weight excluding hydrogens is 136 g/mol. The molecule has 0 aromatic rings. The summed E-state index contributed by atoms with van der Waals surface area (Å²) >= 11 is 0. The lowest BCUT2D eigenvalue weighted by Crippen LogP contribution is -2.33. The zero-order valence-electron chi connectivity index (χ0n) is 6.02. The van der Waals surface area contributed by atoms with Gasteiger partial charge in [-0.1, -0.05) is 0 Å². The maximum Gasteiger partial charge on any atom is 0.183 e. The second-order valence-electron chi connectivity index (χ2n) is 2.42. The summed E-state index contributed by atoms with van der Waals surface area (Å²) in [5.74, 6) is 0. The van der Waals surface area contributed by atoms with Crippen LogP contribution in [0.4, 0.5) is 0 Å². The van der Waals surface area contributed by atoms with Crippen molar-refractivity contribution >= 4 is 0 Å². The van der Waals surface area contributed by atoms with Gasteiger partial charge in [0.25, 0.3) is 0 Å². The Kier molecular flexibility index (Phi) is 2.25. The quantitative estimate of drug-likeness (QED) is 0.506. The molecule has 0 spiro atoms.